The quantitative estimate of drug-likeness (QED) is 0.308. The van der Waals surface area contributed by atoms with Crippen molar-refractivity contribution >= 4 is 51.7 Å². The molecule has 0 unspecified atom stereocenters. The minimum atomic E-state index is -0.242. The number of hydrogen-bond donors (Lipinski definition) is 1. The first-order chi connectivity index (χ1) is 13.6. The van der Waals surface area contributed by atoms with Gasteiger partial charge in [-0.3, -0.25) is 18.9 Å². The highest BCUT2D eigenvalue weighted by Gasteiger charge is 2.32. The Kier molecular flexibility index (Phi) is 6.64. The van der Waals surface area contributed by atoms with E-state index in [1.807, 2.05) is 6.07 Å². The van der Waals surface area contributed by atoms with Gasteiger partial charge in [-0.25, -0.2) is 4.98 Å². The second kappa shape index (κ2) is 9.16. The van der Waals surface area contributed by atoms with Crippen molar-refractivity contribution in [1.82, 2.24) is 14.3 Å². The van der Waals surface area contributed by atoms with Gasteiger partial charge in [0.05, 0.1) is 10.5 Å². The number of unbranched alkanes of at least 4 members (excludes halogenated alkanes) is 2. The van der Waals surface area contributed by atoms with Crippen LogP contribution >= 0.6 is 24.0 Å². The van der Waals surface area contributed by atoms with E-state index in [0.717, 1.165) is 19.3 Å². The number of nitrogens with one attached hydrogen (secondary N) is 1. The van der Waals surface area contributed by atoms with Crippen LogP contribution in [0.4, 0.5) is 5.82 Å². The number of carbonyl (C=O) groups is 1. The lowest BCUT2D eigenvalue weighted by molar-refractivity contribution is -0.122. The van der Waals surface area contributed by atoms with Crippen molar-refractivity contribution in [1.29, 1.82) is 0 Å². The number of rotatable bonds is 8. The van der Waals surface area contributed by atoms with Gasteiger partial charge >= 0.3 is 0 Å². The van der Waals surface area contributed by atoms with Gasteiger partial charge < -0.3 is 5.32 Å². The zero-order chi connectivity index (χ0) is 20.1. The number of fused-ring (bicyclic) bond motifs is 1. The Hall–Kier alpha value is -2.45. The summed E-state index contributed by atoms with van der Waals surface area (Å²) in [6, 6.07) is 5.35. The molecule has 2 aromatic rings. The number of anilines is 1. The monoisotopic (exact) mass is 414 g/mol. The molecular weight excluding hydrogens is 392 g/mol. The maximum atomic E-state index is 13.0. The number of amides is 1. The Morgan fingerprint density at radius 2 is 2.14 bits per heavy atom. The molecular formula is C20H22N4O2S2. The van der Waals surface area contributed by atoms with Crippen LogP contribution in [-0.2, 0) is 4.79 Å². The van der Waals surface area contributed by atoms with Crippen LogP contribution in [0.1, 0.15) is 31.7 Å². The molecule has 0 saturated carbocycles. The summed E-state index contributed by atoms with van der Waals surface area (Å²) in [5.41, 5.74) is 0.622. The Balaban J connectivity index is 2.01. The van der Waals surface area contributed by atoms with Crippen LogP contribution in [-0.4, -0.2) is 37.6 Å². The van der Waals surface area contributed by atoms with Crippen molar-refractivity contribution in [2.24, 2.45) is 0 Å². The van der Waals surface area contributed by atoms with Crippen LogP contribution in [0, 0.1) is 0 Å². The van der Waals surface area contributed by atoms with Crippen molar-refractivity contribution < 1.29 is 4.79 Å². The molecule has 8 heteroatoms. The third kappa shape index (κ3) is 4.18. The average molecular weight is 415 g/mol. The van der Waals surface area contributed by atoms with E-state index in [1.54, 1.807) is 35.4 Å². The molecule has 1 aliphatic rings. The Morgan fingerprint density at radius 3 is 2.89 bits per heavy atom. The predicted octanol–water partition coefficient (Wildman–Crippen LogP) is 3.68. The number of thiocarbonyl (C=S) groups is 1. The van der Waals surface area contributed by atoms with E-state index in [-0.39, 0.29) is 11.5 Å². The van der Waals surface area contributed by atoms with Gasteiger partial charge in [0.2, 0.25) is 0 Å². The zero-order valence-corrected chi connectivity index (χ0v) is 17.3. The number of hydrogen-bond acceptors (Lipinski definition) is 6. The van der Waals surface area contributed by atoms with Gasteiger partial charge in [-0.15, -0.1) is 6.58 Å². The summed E-state index contributed by atoms with van der Waals surface area (Å²) in [6.45, 7) is 6.86. The summed E-state index contributed by atoms with van der Waals surface area (Å²) < 4.78 is 1.99. The Labute approximate surface area is 173 Å². The highest BCUT2D eigenvalue weighted by Crippen LogP contribution is 2.33. The second-order valence-electron chi connectivity index (χ2n) is 6.32. The van der Waals surface area contributed by atoms with Gasteiger partial charge in [0.1, 0.15) is 15.8 Å². The van der Waals surface area contributed by atoms with Crippen LogP contribution in [0.25, 0.3) is 11.7 Å². The largest absolute Gasteiger partial charge is 0.366 e. The second-order valence-corrected chi connectivity index (χ2v) is 7.99. The van der Waals surface area contributed by atoms with Crippen molar-refractivity contribution in [3.05, 3.63) is 57.9 Å². The summed E-state index contributed by atoms with van der Waals surface area (Å²) in [6.07, 6.45) is 7.97. The minimum Gasteiger partial charge on any atom is -0.366 e. The fourth-order valence-electron chi connectivity index (χ4n) is 2.88. The van der Waals surface area contributed by atoms with Crippen molar-refractivity contribution in [2.75, 3.05) is 18.4 Å². The van der Waals surface area contributed by atoms with Crippen molar-refractivity contribution in [3.63, 3.8) is 0 Å². The SMILES string of the molecule is C=CCNc1nc2ccccn2c(=O)c1/C=C1/SC(=S)N(CCCCC)C1=O. The first-order valence-electron chi connectivity index (χ1n) is 9.18. The van der Waals surface area contributed by atoms with E-state index in [2.05, 4.69) is 23.8 Å². The third-order valence-corrected chi connectivity index (χ3v) is 5.69. The number of pyridine rings is 1. The molecule has 1 saturated heterocycles. The molecule has 1 fully saturated rings. The molecule has 3 rings (SSSR count). The Bertz CT molecular complexity index is 1010. The molecule has 6 nitrogen and oxygen atoms in total. The topological polar surface area (TPSA) is 66.7 Å². The minimum absolute atomic E-state index is 0.154. The summed E-state index contributed by atoms with van der Waals surface area (Å²) in [7, 11) is 0. The smallest absolute Gasteiger partial charge is 0.267 e. The van der Waals surface area contributed by atoms with Gasteiger partial charge in [0.15, 0.2) is 0 Å². The molecule has 146 valence electrons. The maximum Gasteiger partial charge on any atom is 0.267 e. The number of nitrogens with zero attached hydrogens (tertiary/aromatic N) is 3. The highest BCUT2D eigenvalue weighted by atomic mass is 32.2. The van der Waals surface area contributed by atoms with E-state index >= 15 is 0 Å². The lowest BCUT2D eigenvalue weighted by Gasteiger charge is -2.13. The molecule has 28 heavy (non-hydrogen) atoms. The van der Waals surface area contributed by atoms with Gasteiger partial charge in [0.25, 0.3) is 11.5 Å². The number of carbonyl (C=O) groups excluding carboxylic acids is 1. The highest BCUT2D eigenvalue weighted by molar-refractivity contribution is 8.26. The van der Waals surface area contributed by atoms with Gasteiger partial charge in [-0.05, 0) is 24.6 Å². The van der Waals surface area contributed by atoms with Crippen LogP contribution in [0.2, 0.25) is 0 Å². The lowest BCUT2D eigenvalue weighted by Crippen LogP contribution is -2.29. The molecule has 0 aromatic carbocycles. The third-order valence-electron chi connectivity index (χ3n) is 4.32. The van der Waals surface area contributed by atoms with Crippen molar-refractivity contribution in [2.45, 2.75) is 26.2 Å². The van der Waals surface area contributed by atoms with Crippen LogP contribution in [0.5, 0.6) is 0 Å². The molecule has 0 aliphatic carbocycles. The van der Waals surface area contributed by atoms with Crippen molar-refractivity contribution in [3.8, 4) is 0 Å². The Morgan fingerprint density at radius 1 is 1.32 bits per heavy atom. The molecule has 0 atom stereocenters. The molecule has 3 heterocycles. The number of thioether (sulfide) groups is 1. The van der Waals surface area contributed by atoms with Gasteiger partial charge in [0, 0.05) is 19.3 Å². The first kappa shape index (κ1) is 20.3. The molecule has 1 amide bonds. The average Bonchev–Trinajstić information content (AvgIpc) is 2.96. The van der Waals surface area contributed by atoms with Crippen LogP contribution < -0.4 is 10.9 Å². The fraction of sp³-hybridized carbons (Fsp3) is 0.300. The van der Waals surface area contributed by atoms with Crippen LogP contribution in [0.15, 0.2) is 46.8 Å². The van der Waals surface area contributed by atoms with Crippen LogP contribution in [0.3, 0.4) is 0 Å². The molecule has 0 bridgehead atoms. The van der Waals surface area contributed by atoms with E-state index in [4.69, 9.17) is 12.2 Å². The van der Waals surface area contributed by atoms with Gasteiger partial charge in [-0.1, -0.05) is 55.9 Å². The zero-order valence-electron chi connectivity index (χ0n) is 15.7. The maximum absolute atomic E-state index is 13.0. The van der Waals surface area contributed by atoms with Gasteiger partial charge in [-0.2, -0.15) is 0 Å². The summed E-state index contributed by atoms with van der Waals surface area (Å²) >= 11 is 6.60. The summed E-state index contributed by atoms with van der Waals surface area (Å²) in [5, 5.41) is 3.09. The first-order valence-corrected chi connectivity index (χ1v) is 10.4. The normalized spacial score (nSPS) is 15.6. The number of aromatic nitrogens is 2. The van der Waals surface area contributed by atoms with E-state index in [1.165, 1.54) is 16.2 Å². The molecule has 1 N–H and O–H groups in total. The molecule has 0 spiro atoms. The lowest BCUT2D eigenvalue weighted by atomic mass is 10.2. The van der Waals surface area contributed by atoms with E-state index in [9.17, 15) is 9.59 Å². The standard InChI is InChI=1S/C20H22N4O2S2/c1-3-5-7-12-24-19(26)15(28-20(24)27)13-14-17(21-10-4-2)22-16-9-6-8-11-23(16)18(14)25/h4,6,8-9,11,13,21H,2-3,5,7,10,12H2,1H3/b15-13+. The predicted molar refractivity (Wildman–Crippen MR) is 120 cm³/mol. The summed E-state index contributed by atoms with van der Waals surface area (Å²) in [5.74, 6) is 0.269. The molecule has 0 radical (unpaired) electrons. The molecule has 1 aliphatic heterocycles. The van der Waals surface area contributed by atoms with E-state index in [0.29, 0.717) is 39.3 Å². The summed E-state index contributed by atoms with van der Waals surface area (Å²) in [4.78, 5) is 32.4. The van der Waals surface area contributed by atoms with E-state index < -0.39 is 0 Å². The fourth-order valence-corrected chi connectivity index (χ4v) is 4.17. The molecule has 2 aromatic heterocycles.